The summed E-state index contributed by atoms with van der Waals surface area (Å²) in [5.41, 5.74) is -0.0219. The van der Waals surface area contributed by atoms with Crippen LogP contribution in [0.2, 0.25) is 0 Å². The van der Waals surface area contributed by atoms with E-state index in [1.165, 1.54) is 0 Å². The lowest BCUT2D eigenvalue weighted by Gasteiger charge is -2.20. The van der Waals surface area contributed by atoms with Crippen molar-refractivity contribution in [3.8, 4) is 0 Å². The molecule has 1 unspecified atom stereocenters. The third-order valence-corrected chi connectivity index (χ3v) is 1.99. The number of carbonyl (C=O) groups excluding carboxylic acids is 1. The first-order valence-electron chi connectivity index (χ1n) is 5.54. The van der Waals surface area contributed by atoms with Crippen molar-refractivity contribution in [1.29, 1.82) is 0 Å². The molecular formula is C13H18FNO2. The average molecular weight is 239 g/mol. The van der Waals surface area contributed by atoms with Gasteiger partial charge in [-0.2, -0.15) is 0 Å². The van der Waals surface area contributed by atoms with Crippen molar-refractivity contribution in [3.05, 3.63) is 35.9 Å². The van der Waals surface area contributed by atoms with Gasteiger partial charge in [0.2, 0.25) is 0 Å². The van der Waals surface area contributed by atoms with Crippen LogP contribution in [0, 0.1) is 0 Å². The normalized spacial score (nSPS) is 12.9. The zero-order valence-electron chi connectivity index (χ0n) is 10.4. The molecular weight excluding hydrogens is 221 g/mol. The van der Waals surface area contributed by atoms with Gasteiger partial charge >= 0.3 is 6.09 Å². The standard InChI is InChI=1S/C13H18FNO2/c1-13(2,3)17-12(16)15-9-11(14)10-7-5-4-6-8-10/h4-8,11H,9H2,1-3H3,(H,15,16). The highest BCUT2D eigenvalue weighted by molar-refractivity contribution is 5.67. The fourth-order valence-electron chi connectivity index (χ4n) is 1.27. The number of alkyl carbamates (subject to hydrolysis) is 1. The van der Waals surface area contributed by atoms with Crippen LogP contribution in [0.1, 0.15) is 32.5 Å². The van der Waals surface area contributed by atoms with Crippen LogP contribution in [0.25, 0.3) is 0 Å². The summed E-state index contributed by atoms with van der Waals surface area (Å²) in [6.07, 6.45) is -1.82. The van der Waals surface area contributed by atoms with Crippen LogP contribution in [0.15, 0.2) is 30.3 Å². The number of ether oxygens (including phenoxy) is 1. The average Bonchev–Trinajstić information content (AvgIpc) is 2.25. The largest absolute Gasteiger partial charge is 0.444 e. The molecule has 0 fully saturated rings. The number of amides is 1. The van der Waals surface area contributed by atoms with E-state index in [0.29, 0.717) is 5.56 Å². The second-order valence-corrected chi connectivity index (χ2v) is 4.76. The molecule has 1 rings (SSSR count). The van der Waals surface area contributed by atoms with E-state index in [2.05, 4.69) is 5.32 Å². The smallest absolute Gasteiger partial charge is 0.407 e. The van der Waals surface area contributed by atoms with Gasteiger partial charge in [0.05, 0.1) is 6.54 Å². The van der Waals surface area contributed by atoms with E-state index in [4.69, 9.17) is 4.74 Å². The Labute approximate surface area is 101 Å². The molecule has 4 heteroatoms. The fourth-order valence-corrected chi connectivity index (χ4v) is 1.27. The number of benzene rings is 1. The van der Waals surface area contributed by atoms with E-state index in [-0.39, 0.29) is 6.54 Å². The lowest BCUT2D eigenvalue weighted by atomic mass is 10.1. The summed E-state index contributed by atoms with van der Waals surface area (Å²) in [5, 5.41) is 2.40. The lowest BCUT2D eigenvalue weighted by molar-refractivity contribution is 0.0513. The van der Waals surface area contributed by atoms with Gasteiger partial charge in [-0.05, 0) is 26.3 Å². The van der Waals surface area contributed by atoms with Crippen LogP contribution < -0.4 is 5.32 Å². The van der Waals surface area contributed by atoms with Crippen LogP contribution in [0.4, 0.5) is 9.18 Å². The van der Waals surface area contributed by atoms with Gasteiger partial charge in [-0.1, -0.05) is 30.3 Å². The van der Waals surface area contributed by atoms with Crippen molar-refractivity contribution >= 4 is 6.09 Å². The van der Waals surface area contributed by atoms with Gasteiger partial charge in [0.1, 0.15) is 11.8 Å². The summed E-state index contributed by atoms with van der Waals surface area (Å²) < 4.78 is 18.7. The molecule has 0 radical (unpaired) electrons. The van der Waals surface area contributed by atoms with Crippen molar-refractivity contribution in [1.82, 2.24) is 5.32 Å². The van der Waals surface area contributed by atoms with E-state index < -0.39 is 17.9 Å². The van der Waals surface area contributed by atoms with Gasteiger partial charge in [-0.15, -0.1) is 0 Å². The Balaban J connectivity index is 2.39. The molecule has 1 aromatic carbocycles. The lowest BCUT2D eigenvalue weighted by Crippen LogP contribution is -2.34. The monoisotopic (exact) mass is 239 g/mol. The molecule has 0 aliphatic carbocycles. The maximum Gasteiger partial charge on any atom is 0.407 e. The predicted molar refractivity (Wildman–Crippen MR) is 64.5 cm³/mol. The highest BCUT2D eigenvalue weighted by Crippen LogP contribution is 2.15. The molecule has 1 amide bonds. The quantitative estimate of drug-likeness (QED) is 0.879. The zero-order valence-corrected chi connectivity index (χ0v) is 10.4. The number of nitrogens with one attached hydrogen (secondary N) is 1. The Morgan fingerprint density at radius 1 is 1.35 bits per heavy atom. The van der Waals surface area contributed by atoms with Gasteiger partial charge in [-0.3, -0.25) is 0 Å². The number of halogens is 1. The summed E-state index contributed by atoms with van der Waals surface area (Å²) in [6, 6.07) is 8.70. The third-order valence-electron chi connectivity index (χ3n) is 1.99. The molecule has 1 aromatic rings. The molecule has 0 heterocycles. The van der Waals surface area contributed by atoms with Crippen molar-refractivity contribution in [2.24, 2.45) is 0 Å². The second-order valence-electron chi connectivity index (χ2n) is 4.76. The first kappa shape index (κ1) is 13.5. The predicted octanol–water partition coefficient (Wildman–Crippen LogP) is 3.22. The Hall–Kier alpha value is -1.58. The van der Waals surface area contributed by atoms with E-state index in [9.17, 15) is 9.18 Å². The van der Waals surface area contributed by atoms with E-state index in [1.807, 2.05) is 6.07 Å². The minimum Gasteiger partial charge on any atom is -0.444 e. The van der Waals surface area contributed by atoms with Crippen molar-refractivity contribution in [3.63, 3.8) is 0 Å². The summed E-state index contributed by atoms with van der Waals surface area (Å²) in [7, 11) is 0. The molecule has 94 valence electrons. The van der Waals surface area contributed by atoms with Crippen molar-refractivity contribution < 1.29 is 13.9 Å². The molecule has 0 bridgehead atoms. The molecule has 17 heavy (non-hydrogen) atoms. The van der Waals surface area contributed by atoms with E-state index >= 15 is 0 Å². The van der Waals surface area contributed by atoms with E-state index in [1.54, 1.807) is 45.0 Å². The Morgan fingerprint density at radius 3 is 2.47 bits per heavy atom. The molecule has 3 nitrogen and oxygen atoms in total. The van der Waals surface area contributed by atoms with Crippen LogP contribution in [-0.4, -0.2) is 18.2 Å². The molecule has 0 spiro atoms. The van der Waals surface area contributed by atoms with Crippen LogP contribution in [0.3, 0.4) is 0 Å². The first-order chi connectivity index (χ1) is 7.88. The maximum atomic E-state index is 13.7. The molecule has 0 aliphatic heterocycles. The van der Waals surface area contributed by atoms with Crippen molar-refractivity contribution in [2.45, 2.75) is 32.5 Å². The summed E-state index contributed by atoms with van der Waals surface area (Å²) in [5.74, 6) is 0. The minimum atomic E-state index is -1.22. The molecule has 0 saturated carbocycles. The molecule has 1 N–H and O–H groups in total. The molecule has 1 atom stereocenters. The number of hydrogen-bond acceptors (Lipinski definition) is 2. The molecule has 0 aliphatic rings. The van der Waals surface area contributed by atoms with Gasteiger partial charge in [-0.25, -0.2) is 9.18 Å². The summed E-state index contributed by atoms with van der Waals surface area (Å²) >= 11 is 0. The van der Waals surface area contributed by atoms with Gasteiger partial charge in [0.25, 0.3) is 0 Å². The second kappa shape index (κ2) is 5.66. The third kappa shape index (κ3) is 5.33. The number of hydrogen-bond donors (Lipinski definition) is 1. The summed E-state index contributed by atoms with van der Waals surface area (Å²) in [4.78, 5) is 11.3. The van der Waals surface area contributed by atoms with Crippen molar-refractivity contribution in [2.75, 3.05) is 6.54 Å². The number of alkyl halides is 1. The van der Waals surface area contributed by atoms with Gasteiger partial charge < -0.3 is 10.1 Å². The number of rotatable bonds is 3. The highest BCUT2D eigenvalue weighted by atomic mass is 19.1. The highest BCUT2D eigenvalue weighted by Gasteiger charge is 2.17. The fraction of sp³-hybridized carbons (Fsp3) is 0.462. The molecule has 0 saturated heterocycles. The van der Waals surface area contributed by atoms with Gasteiger partial charge in [0.15, 0.2) is 0 Å². The topological polar surface area (TPSA) is 38.3 Å². The first-order valence-corrected chi connectivity index (χ1v) is 5.54. The molecule has 0 aromatic heterocycles. The Morgan fingerprint density at radius 2 is 1.94 bits per heavy atom. The summed E-state index contributed by atoms with van der Waals surface area (Å²) in [6.45, 7) is 5.20. The minimum absolute atomic E-state index is 0.0844. The number of carbonyl (C=O) groups is 1. The maximum absolute atomic E-state index is 13.7. The van der Waals surface area contributed by atoms with E-state index in [0.717, 1.165) is 0 Å². The SMILES string of the molecule is CC(C)(C)OC(=O)NCC(F)c1ccccc1. The Kier molecular flexibility index (Phi) is 4.49. The van der Waals surface area contributed by atoms with Crippen LogP contribution >= 0.6 is 0 Å². The van der Waals surface area contributed by atoms with Crippen LogP contribution in [0.5, 0.6) is 0 Å². The van der Waals surface area contributed by atoms with Gasteiger partial charge in [0, 0.05) is 0 Å². The van der Waals surface area contributed by atoms with Crippen LogP contribution in [-0.2, 0) is 4.74 Å². The Bertz CT molecular complexity index is 359. The zero-order chi connectivity index (χ0) is 12.9.